The van der Waals surface area contributed by atoms with Crippen molar-refractivity contribution in [2.24, 2.45) is 5.73 Å². The zero-order valence-corrected chi connectivity index (χ0v) is 10.5. The second-order valence-electron chi connectivity index (χ2n) is 5.48. The van der Waals surface area contributed by atoms with E-state index in [0.717, 1.165) is 6.54 Å². The zero-order valence-electron chi connectivity index (χ0n) is 10.5. The van der Waals surface area contributed by atoms with Crippen LogP contribution in [0.2, 0.25) is 0 Å². The van der Waals surface area contributed by atoms with Crippen molar-refractivity contribution >= 4 is 0 Å². The lowest BCUT2D eigenvalue weighted by molar-refractivity contribution is 0.221. The number of nitrogens with two attached hydrogens (primary N) is 1. The molecular weight excluding hydrogens is 198 g/mol. The predicted octanol–water partition coefficient (Wildman–Crippen LogP) is 1.33. The van der Waals surface area contributed by atoms with Crippen LogP contribution in [0.5, 0.6) is 0 Å². The highest BCUT2D eigenvalue weighted by Crippen LogP contribution is 2.16. The van der Waals surface area contributed by atoms with Gasteiger partial charge in [-0.05, 0) is 45.2 Å². The molecule has 2 aliphatic rings. The maximum absolute atomic E-state index is 5.99. The summed E-state index contributed by atoms with van der Waals surface area (Å²) in [6.07, 6.45) is 9.27. The lowest BCUT2D eigenvalue weighted by Crippen LogP contribution is -2.43. The van der Waals surface area contributed by atoms with Crippen LogP contribution in [0.1, 0.15) is 44.9 Å². The summed E-state index contributed by atoms with van der Waals surface area (Å²) in [5.41, 5.74) is 5.99. The van der Waals surface area contributed by atoms with Gasteiger partial charge in [0.05, 0.1) is 0 Å². The number of nitrogens with one attached hydrogen (secondary N) is 1. The van der Waals surface area contributed by atoms with Crippen molar-refractivity contribution in [3.63, 3.8) is 0 Å². The minimum Gasteiger partial charge on any atom is -0.328 e. The molecule has 1 aliphatic heterocycles. The third kappa shape index (κ3) is 4.04. The van der Waals surface area contributed by atoms with Crippen LogP contribution in [-0.2, 0) is 0 Å². The van der Waals surface area contributed by atoms with Crippen LogP contribution in [0.15, 0.2) is 0 Å². The molecule has 1 heterocycles. The second kappa shape index (κ2) is 6.58. The third-order valence-electron chi connectivity index (χ3n) is 4.02. The fourth-order valence-electron chi connectivity index (χ4n) is 3.02. The Morgan fingerprint density at radius 3 is 2.62 bits per heavy atom. The van der Waals surface area contributed by atoms with Crippen molar-refractivity contribution in [3.05, 3.63) is 0 Å². The molecule has 2 atom stereocenters. The Kier molecular flexibility index (Phi) is 5.07. The van der Waals surface area contributed by atoms with Gasteiger partial charge in [-0.25, -0.2) is 0 Å². The van der Waals surface area contributed by atoms with Crippen LogP contribution < -0.4 is 11.1 Å². The normalized spacial score (nSPS) is 32.8. The monoisotopic (exact) mass is 225 g/mol. The van der Waals surface area contributed by atoms with Gasteiger partial charge in [-0.3, -0.25) is 0 Å². The third-order valence-corrected chi connectivity index (χ3v) is 4.02. The lowest BCUT2D eigenvalue weighted by Gasteiger charge is -2.30. The Hall–Kier alpha value is -0.120. The van der Waals surface area contributed by atoms with Gasteiger partial charge in [-0.15, -0.1) is 0 Å². The first-order valence-corrected chi connectivity index (χ1v) is 7.06. The summed E-state index contributed by atoms with van der Waals surface area (Å²) in [6.45, 7) is 5.00. The zero-order chi connectivity index (χ0) is 11.2. The quantitative estimate of drug-likeness (QED) is 0.758. The fourth-order valence-corrected chi connectivity index (χ4v) is 3.02. The summed E-state index contributed by atoms with van der Waals surface area (Å²) in [5, 5.41) is 3.68. The van der Waals surface area contributed by atoms with E-state index >= 15 is 0 Å². The van der Waals surface area contributed by atoms with E-state index in [1.165, 1.54) is 64.6 Å². The van der Waals surface area contributed by atoms with E-state index in [-0.39, 0.29) is 0 Å². The van der Waals surface area contributed by atoms with E-state index in [4.69, 9.17) is 5.73 Å². The molecule has 2 rings (SSSR count). The highest BCUT2D eigenvalue weighted by molar-refractivity contribution is 4.80. The molecule has 0 spiro atoms. The van der Waals surface area contributed by atoms with Crippen molar-refractivity contribution < 1.29 is 0 Å². The van der Waals surface area contributed by atoms with E-state index in [1.54, 1.807) is 0 Å². The maximum Gasteiger partial charge on any atom is 0.0107 e. The Bertz CT molecular complexity index is 190. The number of hydrogen-bond acceptors (Lipinski definition) is 3. The summed E-state index contributed by atoms with van der Waals surface area (Å²) in [6, 6.07) is 1.13. The Morgan fingerprint density at radius 2 is 1.88 bits per heavy atom. The first-order chi connectivity index (χ1) is 7.84. The molecule has 3 nitrogen and oxygen atoms in total. The molecule has 0 aromatic carbocycles. The van der Waals surface area contributed by atoms with Crippen LogP contribution in [0.3, 0.4) is 0 Å². The molecule has 0 bridgehead atoms. The number of likely N-dealkylation sites (tertiary alicyclic amines) is 1. The molecular formula is C13H27N3. The van der Waals surface area contributed by atoms with E-state index < -0.39 is 0 Å². The Labute approximate surface area is 99.8 Å². The predicted molar refractivity (Wildman–Crippen MR) is 68.5 cm³/mol. The smallest absolute Gasteiger partial charge is 0.0107 e. The van der Waals surface area contributed by atoms with Gasteiger partial charge in [0.25, 0.3) is 0 Å². The van der Waals surface area contributed by atoms with Crippen molar-refractivity contribution in [2.45, 2.75) is 57.0 Å². The van der Waals surface area contributed by atoms with Gasteiger partial charge in [-0.1, -0.05) is 12.8 Å². The van der Waals surface area contributed by atoms with Crippen LogP contribution in [0, 0.1) is 0 Å². The van der Waals surface area contributed by atoms with Gasteiger partial charge in [-0.2, -0.15) is 0 Å². The lowest BCUT2D eigenvalue weighted by atomic mass is 9.92. The van der Waals surface area contributed by atoms with Crippen LogP contribution in [0.25, 0.3) is 0 Å². The van der Waals surface area contributed by atoms with Crippen LogP contribution in [0.4, 0.5) is 0 Å². The first kappa shape index (κ1) is 12.3. The molecule has 1 saturated heterocycles. The Balaban J connectivity index is 1.56. The summed E-state index contributed by atoms with van der Waals surface area (Å²) in [7, 11) is 0. The molecule has 2 unspecified atom stereocenters. The van der Waals surface area contributed by atoms with Gasteiger partial charge in [0, 0.05) is 25.2 Å². The summed E-state index contributed by atoms with van der Waals surface area (Å²) in [4.78, 5) is 2.60. The average Bonchev–Trinajstić information content (AvgIpc) is 2.30. The SMILES string of the molecule is NC1CCCC(NCCN2CCCCC2)C1. The van der Waals surface area contributed by atoms with Gasteiger partial charge in [0.15, 0.2) is 0 Å². The van der Waals surface area contributed by atoms with Gasteiger partial charge >= 0.3 is 0 Å². The number of nitrogens with zero attached hydrogens (tertiary/aromatic N) is 1. The van der Waals surface area contributed by atoms with Gasteiger partial charge < -0.3 is 16.0 Å². The number of piperidine rings is 1. The molecule has 3 N–H and O–H groups in total. The molecule has 2 fully saturated rings. The van der Waals surface area contributed by atoms with Gasteiger partial charge in [0.1, 0.15) is 0 Å². The molecule has 0 aromatic heterocycles. The fraction of sp³-hybridized carbons (Fsp3) is 1.00. The molecule has 0 aromatic rings. The minimum absolute atomic E-state index is 0.446. The largest absolute Gasteiger partial charge is 0.328 e. The van der Waals surface area contributed by atoms with E-state index in [1.807, 2.05) is 0 Å². The molecule has 16 heavy (non-hydrogen) atoms. The summed E-state index contributed by atoms with van der Waals surface area (Å²) >= 11 is 0. The van der Waals surface area contributed by atoms with Crippen LogP contribution in [-0.4, -0.2) is 43.2 Å². The van der Waals surface area contributed by atoms with Crippen molar-refractivity contribution in [1.82, 2.24) is 10.2 Å². The van der Waals surface area contributed by atoms with Crippen LogP contribution >= 0.6 is 0 Å². The summed E-state index contributed by atoms with van der Waals surface area (Å²) < 4.78 is 0. The number of hydrogen-bond donors (Lipinski definition) is 2. The average molecular weight is 225 g/mol. The summed E-state index contributed by atoms with van der Waals surface area (Å²) in [5.74, 6) is 0. The molecule has 1 aliphatic carbocycles. The molecule has 0 radical (unpaired) electrons. The maximum atomic E-state index is 5.99. The van der Waals surface area contributed by atoms with Crippen molar-refractivity contribution in [3.8, 4) is 0 Å². The standard InChI is InChI=1S/C13H27N3/c14-12-5-4-6-13(11-12)15-7-10-16-8-2-1-3-9-16/h12-13,15H,1-11,14H2. The Morgan fingerprint density at radius 1 is 1.06 bits per heavy atom. The molecule has 1 saturated carbocycles. The molecule has 3 heteroatoms. The van der Waals surface area contributed by atoms with E-state index in [0.29, 0.717) is 12.1 Å². The molecule has 0 amide bonds. The highest BCUT2D eigenvalue weighted by atomic mass is 15.1. The topological polar surface area (TPSA) is 41.3 Å². The first-order valence-electron chi connectivity index (χ1n) is 7.06. The van der Waals surface area contributed by atoms with Crippen molar-refractivity contribution in [2.75, 3.05) is 26.2 Å². The minimum atomic E-state index is 0.446. The van der Waals surface area contributed by atoms with Gasteiger partial charge in [0.2, 0.25) is 0 Å². The van der Waals surface area contributed by atoms with Crippen molar-refractivity contribution in [1.29, 1.82) is 0 Å². The van der Waals surface area contributed by atoms with E-state index in [2.05, 4.69) is 10.2 Å². The molecule has 94 valence electrons. The van der Waals surface area contributed by atoms with E-state index in [9.17, 15) is 0 Å². The highest BCUT2D eigenvalue weighted by Gasteiger charge is 2.18. The second-order valence-corrected chi connectivity index (χ2v) is 5.48. The number of rotatable bonds is 4.